The van der Waals surface area contributed by atoms with Crippen LogP contribution in [0.15, 0.2) is 30.6 Å². The van der Waals surface area contributed by atoms with E-state index in [-0.39, 0.29) is 23.0 Å². The predicted octanol–water partition coefficient (Wildman–Crippen LogP) is 4.22. The normalized spacial score (nSPS) is 23.2. The first kappa shape index (κ1) is 25.5. The second-order valence-corrected chi connectivity index (χ2v) is 11.8. The number of benzene rings is 1. The van der Waals surface area contributed by atoms with E-state index in [1.54, 1.807) is 18.3 Å². The van der Waals surface area contributed by atoms with Gasteiger partial charge in [-0.15, -0.1) is 0 Å². The van der Waals surface area contributed by atoms with Crippen LogP contribution in [0.3, 0.4) is 0 Å². The van der Waals surface area contributed by atoms with E-state index in [1.807, 2.05) is 23.9 Å². The molecule has 0 spiro atoms. The van der Waals surface area contributed by atoms with Gasteiger partial charge in [0.15, 0.2) is 5.82 Å². The fourth-order valence-electron chi connectivity index (χ4n) is 6.94. The summed E-state index contributed by atoms with van der Waals surface area (Å²) >= 11 is 0. The molecule has 3 saturated heterocycles. The lowest BCUT2D eigenvalue weighted by atomic mass is 10.1. The molecule has 10 heteroatoms. The van der Waals surface area contributed by atoms with E-state index in [9.17, 15) is 5.11 Å². The Bertz CT molecular complexity index is 1580. The topological polar surface area (TPSA) is 91.6 Å². The second-order valence-electron chi connectivity index (χ2n) is 11.8. The van der Waals surface area contributed by atoms with Crippen molar-refractivity contribution in [2.45, 2.75) is 63.7 Å². The molecule has 7 rings (SSSR count). The van der Waals surface area contributed by atoms with Gasteiger partial charge in [0, 0.05) is 73.2 Å². The molecular weight excluding hydrogens is 509 g/mol. The molecule has 1 aromatic carbocycles. The summed E-state index contributed by atoms with van der Waals surface area (Å²) in [6.07, 6.45) is 8.00. The molecule has 2 N–H and O–H groups in total. The number of aromatic hydroxyl groups is 1. The number of hydrogen-bond donors (Lipinski definition) is 2. The van der Waals surface area contributed by atoms with Crippen molar-refractivity contribution in [3.05, 3.63) is 36.4 Å². The molecule has 3 aliphatic rings. The highest BCUT2D eigenvalue weighted by molar-refractivity contribution is 5.99. The Morgan fingerprint density at radius 1 is 1.12 bits per heavy atom. The highest BCUT2D eigenvalue weighted by Crippen LogP contribution is 2.37. The van der Waals surface area contributed by atoms with Crippen molar-refractivity contribution in [3.63, 3.8) is 0 Å². The van der Waals surface area contributed by atoms with Crippen molar-refractivity contribution >= 4 is 27.6 Å². The molecule has 0 radical (unpaired) electrons. The second kappa shape index (κ2) is 9.85. The molecule has 3 aromatic heterocycles. The first-order valence-corrected chi connectivity index (χ1v) is 14.4. The summed E-state index contributed by atoms with van der Waals surface area (Å²) in [4.78, 5) is 18.8. The summed E-state index contributed by atoms with van der Waals surface area (Å²) in [5.41, 5.74) is 1.89. The van der Waals surface area contributed by atoms with Crippen LogP contribution in [0.1, 0.15) is 39.5 Å². The van der Waals surface area contributed by atoms with Gasteiger partial charge in [0.05, 0.1) is 5.39 Å². The molecule has 40 heavy (non-hydrogen) atoms. The van der Waals surface area contributed by atoms with E-state index in [0.29, 0.717) is 47.5 Å². The van der Waals surface area contributed by atoms with Gasteiger partial charge in [-0.05, 0) is 64.3 Å². The van der Waals surface area contributed by atoms with E-state index in [1.165, 1.54) is 0 Å². The number of phenolic OH excluding ortho intramolecular Hbond substituents is 1. The largest absolute Gasteiger partial charge is 0.508 e. The quantitative estimate of drug-likeness (QED) is 0.372. The third-order valence-corrected chi connectivity index (χ3v) is 8.88. The van der Waals surface area contributed by atoms with Gasteiger partial charge in [0.1, 0.15) is 29.4 Å². The Balaban J connectivity index is 1.32. The van der Waals surface area contributed by atoms with Gasteiger partial charge < -0.3 is 24.6 Å². The molecule has 0 saturated carbocycles. The smallest absolute Gasteiger partial charge is 0.319 e. The van der Waals surface area contributed by atoms with Crippen molar-refractivity contribution in [2.24, 2.45) is 7.05 Å². The van der Waals surface area contributed by atoms with Crippen molar-refractivity contribution in [2.75, 3.05) is 31.1 Å². The minimum absolute atomic E-state index is 0.122. The Morgan fingerprint density at radius 3 is 2.70 bits per heavy atom. The lowest BCUT2D eigenvalue weighted by Crippen LogP contribution is -2.51. The Hall–Kier alpha value is -3.50. The van der Waals surface area contributed by atoms with Crippen LogP contribution in [0, 0.1) is 5.82 Å². The highest BCUT2D eigenvalue weighted by Gasteiger charge is 2.34. The summed E-state index contributed by atoms with van der Waals surface area (Å²) in [5.74, 6) is 0.292. The summed E-state index contributed by atoms with van der Waals surface area (Å²) in [6, 6.07) is 6.82. The van der Waals surface area contributed by atoms with Crippen molar-refractivity contribution < 1.29 is 14.2 Å². The van der Waals surface area contributed by atoms with E-state index >= 15 is 4.39 Å². The number of piperazine rings is 1. The SMILES string of the molecule is CC(C)N1CCC[C@H]1COc1nc(N2CC3CCC(C2)N3)c2cnc(-c3cn(C)c4ccc(O)cc34)c(F)c2n1. The number of fused-ring (bicyclic) bond motifs is 4. The Kier molecular flexibility index (Phi) is 6.27. The van der Waals surface area contributed by atoms with Crippen LogP contribution in [0.2, 0.25) is 0 Å². The number of nitrogens with zero attached hydrogens (tertiary/aromatic N) is 6. The minimum Gasteiger partial charge on any atom is -0.508 e. The van der Waals surface area contributed by atoms with Gasteiger partial charge in [-0.3, -0.25) is 9.88 Å². The summed E-state index contributed by atoms with van der Waals surface area (Å²) in [5, 5.41) is 15.1. The Morgan fingerprint density at radius 2 is 1.93 bits per heavy atom. The number of anilines is 1. The zero-order valence-corrected chi connectivity index (χ0v) is 23.3. The van der Waals surface area contributed by atoms with Gasteiger partial charge in [0.25, 0.3) is 0 Å². The zero-order chi connectivity index (χ0) is 27.5. The third kappa shape index (κ3) is 4.34. The molecule has 3 fully saturated rings. The van der Waals surface area contributed by atoms with Crippen LogP contribution in [-0.2, 0) is 7.05 Å². The molecule has 9 nitrogen and oxygen atoms in total. The summed E-state index contributed by atoms with van der Waals surface area (Å²) in [6.45, 7) is 7.55. The van der Waals surface area contributed by atoms with Gasteiger partial charge in [-0.1, -0.05) is 0 Å². The first-order chi connectivity index (χ1) is 19.4. The monoisotopic (exact) mass is 545 g/mol. The Labute approximate surface area is 233 Å². The average molecular weight is 546 g/mol. The number of pyridine rings is 1. The number of hydrogen-bond acceptors (Lipinski definition) is 8. The molecule has 3 aliphatic heterocycles. The van der Waals surface area contributed by atoms with Crippen molar-refractivity contribution in [3.8, 4) is 23.0 Å². The van der Waals surface area contributed by atoms with Gasteiger partial charge in [0.2, 0.25) is 0 Å². The summed E-state index contributed by atoms with van der Waals surface area (Å²) < 4.78 is 24.6. The van der Waals surface area contributed by atoms with Crippen LogP contribution >= 0.6 is 0 Å². The minimum atomic E-state index is -0.510. The van der Waals surface area contributed by atoms with E-state index < -0.39 is 5.82 Å². The molecule has 2 unspecified atom stereocenters. The van der Waals surface area contributed by atoms with Gasteiger partial charge in [-0.25, -0.2) is 4.39 Å². The third-order valence-electron chi connectivity index (χ3n) is 8.88. The van der Waals surface area contributed by atoms with Crippen LogP contribution in [0.4, 0.5) is 10.2 Å². The zero-order valence-electron chi connectivity index (χ0n) is 23.3. The van der Waals surface area contributed by atoms with Crippen molar-refractivity contribution in [1.82, 2.24) is 29.7 Å². The molecule has 0 aliphatic carbocycles. The number of phenols is 1. The number of ether oxygens (including phenoxy) is 1. The van der Waals surface area contributed by atoms with Crippen LogP contribution in [0.25, 0.3) is 33.1 Å². The molecule has 0 amide bonds. The van der Waals surface area contributed by atoms with Crippen LogP contribution in [-0.4, -0.2) is 79.9 Å². The predicted molar refractivity (Wildman–Crippen MR) is 153 cm³/mol. The molecule has 4 aromatic rings. The average Bonchev–Trinajstić information content (AvgIpc) is 3.64. The van der Waals surface area contributed by atoms with E-state index in [2.05, 4.69) is 38.9 Å². The molecule has 210 valence electrons. The van der Waals surface area contributed by atoms with Gasteiger partial charge >= 0.3 is 6.01 Å². The maximum absolute atomic E-state index is 16.5. The standard InChI is InChI=1S/C30H36FN7O2/c1-17(2)38-10-4-5-20(38)16-40-30-34-28-23(29(35-30)37-13-18-6-7-19(14-37)33-18)12-32-27(26(28)31)24-15-36(3)25-9-8-21(39)11-22(24)25/h8-9,11-12,15,17-20,33,39H,4-7,10,13-14,16H2,1-3H3/t18?,19?,20-/m0/s1. The maximum atomic E-state index is 16.5. The number of likely N-dealkylation sites (tertiary alicyclic amines) is 1. The van der Waals surface area contributed by atoms with Crippen LogP contribution < -0.4 is 15.0 Å². The molecule has 2 bridgehead atoms. The number of rotatable bonds is 6. The fourth-order valence-corrected chi connectivity index (χ4v) is 6.94. The number of aryl methyl sites for hydroxylation is 1. The summed E-state index contributed by atoms with van der Waals surface area (Å²) in [7, 11) is 1.90. The van der Waals surface area contributed by atoms with E-state index in [4.69, 9.17) is 9.72 Å². The lowest BCUT2D eigenvalue weighted by Gasteiger charge is -2.34. The molecular formula is C30H36FN7O2. The number of aromatic nitrogens is 4. The number of nitrogens with one attached hydrogen (secondary N) is 1. The van der Waals surface area contributed by atoms with E-state index in [0.717, 1.165) is 56.2 Å². The number of halogens is 1. The maximum Gasteiger partial charge on any atom is 0.319 e. The first-order valence-electron chi connectivity index (χ1n) is 14.4. The molecule has 3 atom stereocenters. The fraction of sp³-hybridized carbons (Fsp3) is 0.500. The highest BCUT2D eigenvalue weighted by atomic mass is 19.1. The lowest BCUT2D eigenvalue weighted by molar-refractivity contribution is 0.138. The molecule has 6 heterocycles. The van der Waals surface area contributed by atoms with Gasteiger partial charge in [-0.2, -0.15) is 9.97 Å². The van der Waals surface area contributed by atoms with Crippen LogP contribution in [0.5, 0.6) is 11.8 Å². The van der Waals surface area contributed by atoms with Crippen molar-refractivity contribution in [1.29, 1.82) is 0 Å².